The van der Waals surface area contributed by atoms with Crippen molar-refractivity contribution in [3.63, 3.8) is 0 Å². The summed E-state index contributed by atoms with van der Waals surface area (Å²) >= 11 is 0. The fourth-order valence-corrected chi connectivity index (χ4v) is 4.54. The number of amides is 1. The number of hydrogen-bond donors (Lipinski definition) is 2. The van der Waals surface area contributed by atoms with Crippen LogP contribution in [0.5, 0.6) is 0 Å². The molecule has 29 heavy (non-hydrogen) atoms. The standard InChI is InChI=1S/C22H27FN2O4/c23-17-3-1-15(2-4-17)18-14-25-20(29-18)6-5-19(26)24-13-16-7-8-22(21(16)27)9-11-28-12-10-22/h1-4,14,16,21,27H,5-13H2,(H,24,26)/t16-,21-/m0/s1. The van der Waals surface area contributed by atoms with Crippen LogP contribution in [0.15, 0.2) is 34.9 Å². The number of benzene rings is 1. The molecule has 2 aromatic rings. The first kappa shape index (κ1) is 20.0. The van der Waals surface area contributed by atoms with E-state index in [1.807, 2.05) is 0 Å². The summed E-state index contributed by atoms with van der Waals surface area (Å²) in [5, 5.41) is 13.7. The summed E-state index contributed by atoms with van der Waals surface area (Å²) in [5.74, 6) is 0.744. The molecule has 0 bridgehead atoms. The molecule has 1 aliphatic heterocycles. The fraction of sp³-hybridized carbons (Fsp3) is 0.545. The van der Waals surface area contributed by atoms with Crippen molar-refractivity contribution in [3.05, 3.63) is 42.2 Å². The Kier molecular flexibility index (Phi) is 5.96. The third-order valence-electron chi connectivity index (χ3n) is 6.39. The van der Waals surface area contributed by atoms with Gasteiger partial charge in [0.05, 0.1) is 12.3 Å². The Labute approximate surface area is 169 Å². The van der Waals surface area contributed by atoms with Gasteiger partial charge >= 0.3 is 0 Å². The fourth-order valence-electron chi connectivity index (χ4n) is 4.54. The second-order valence-corrected chi connectivity index (χ2v) is 8.15. The van der Waals surface area contributed by atoms with Gasteiger partial charge in [-0.3, -0.25) is 4.79 Å². The van der Waals surface area contributed by atoms with Gasteiger partial charge in [-0.1, -0.05) is 0 Å². The third-order valence-corrected chi connectivity index (χ3v) is 6.39. The Hall–Kier alpha value is -2.25. The van der Waals surface area contributed by atoms with E-state index in [9.17, 15) is 14.3 Å². The predicted octanol–water partition coefficient (Wildman–Crippen LogP) is 3.10. The van der Waals surface area contributed by atoms with Gasteiger partial charge in [0.1, 0.15) is 5.82 Å². The van der Waals surface area contributed by atoms with Crippen LogP contribution in [0.25, 0.3) is 11.3 Å². The highest BCUT2D eigenvalue weighted by atomic mass is 19.1. The maximum Gasteiger partial charge on any atom is 0.220 e. The summed E-state index contributed by atoms with van der Waals surface area (Å²) < 4.78 is 24.1. The number of aromatic nitrogens is 1. The number of hydrogen-bond acceptors (Lipinski definition) is 5. The molecular weight excluding hydrogens is 375 g/mol. The average Bonchev–Trinajstić information content (AvgIpc) is 3.32. The quantitative estimate of drug-likeness (QED) is 0.776. The average molecular weight is 402 g/mol. The molecule has 0 radical (unpaired) electrons. The monoisotopic (exact) mass is 402 g/mol. The molecule has 7 heteroatoms. The number of halogens is 1. The minimum Gasteiger partial charge on any atom is -0.441 e. The first-order chi connectivity index (χ1) is 14.1. The van der Waals surface area contributed by atoms with Gasteiger partial charge in [-0.2, -0.15) is 0 Å². The van der Waals surface area contributed by atoms with E-state index >= 15 is 0 Å². The van der Waals surface area contributed by atoms with Crippen LogP contribution < -0.4 is 5.32 Å². The first-order valence-electron chi connectivity index (χ1n) is 10.3. The highest BCUT2D eigenvalue weighted by molar-refractivity contribution is 5.76. The second-order valence-electron chi connectivity index (χ2n) is 8.15. The molecule has 156 valence electrons. The van der Waals surface area contributed by atoms with Crippen LogP contribution in [0.4, 0.5) is 4.39 Å². The van der Waals surface area contributed by atoms with Crippen molar-refractivity contribution in [2.45, 2.75) is 44.6 Å². The van der Waals surface area contributed by atoms with Crippen molar-refractivity contribution in [2.24, 2.45) is 11.3 Å². The first-order valence-corrected chi connectivity index (χ1v) is 10.3. The molecule has 1 aromatic heterocycles. The molecule has 2 fully saturated rings. The van der Waals surface area contributed by atoms with E-state index < -0.39 is 0 Å². The second kappa shape index (κ2) is 8.63. The van der Waals surface area contributed by atoms with Crippen LogP contribution in [0.1, 0.15) is 38.0 Å². The lowest BCUT2D eigenvalue weighted by Gasteiger charge is -2.37. The molecule has 0 unspecified atom stereocenters. The number of aliphatic hydroxyl groups is 1. The van der Waals surface area contributed by atoms with Crippen LogP contribution in [-0.2, 0) is 16.0 Å². The summed E-state index contributed by atoms with van der Waals surface area (Å²) in [4.78, 5) is 16.4. The Balaban J connectivity index is 1.23. The van der Waals surface area contributed by atoms with Crippen LogP contribution >= 0.6 is 0 Å². The molecule has 2 atom stereocenters. The third kappa shape index (κ3) is 4.51. The molecule has 1 saturated carbocycles. The van der Waals surface area contributed by atoms with E-state index in [4.69, 9.17) is 9.15 Å². The lowest BCUT2D eigenvalue weighted by Crippen LogP contribution is -2.41. The minimum atomic E-state index is -0.378. The smallest absolute Gasteiger partial charge is 0.220 e. The Morgan fingerprint density at radius 1 is 1.24 bits per heavy atom. The van der Waals surface area contributed by atoms with Gasteiger partial charge < -0.3 is 19.6 Å². The maximum absolute atomic E-state index is 13.0. The lowest BCUT2D eigenvalue weighted by molar-refractivity contribution is -0.121. The summed E-state index contributed by atoms with van der Waals surface area (Å²) in [6.45, 7) is 1.92. The van der Waals surface area contributed by atoms with Gasteiger partial charge in [0.25, 0.3) is 0 Å². The number of aliphatic hydroxyl groups excluding tert-OH is 1. The number of carbonyl (C=O) groups excluding carboxylic acids is 1. The van der Waals surface area contributed by atoms with Crippen LogP contribution in [0.2, 0.25) is 0 Å². The van der Waals surface area contributed by atoms with Crippen LogP contribution in [-0.4, -0.2) is 41.9 Å². The molecule has 1 saturated heterocycles. The summed E-state index contributed by atoms with van der Waals surface area (Å²) in [6.07, 6.45) is 5.60. The summed E-state index contributed by atoms with van der Waals surface area (Å²) in [7, 11) is 0. The SMILES string of the molecule is O=C(CCc1ncc(-c2ccc(F)cc2)o1)NC[C@@H]1CCC2(CCOCC2)[C@H]1O. The van der Waals surface area contributed by atoms with Gasteiger partial charge in [-0.05, 0) is 49.9 Å². The van der Waals surface area contributed by atoms with Gasteiger partial charge in [0, 0.05) is 49.5 Å². The molecule has 2 aliphatic rings. The van der Waals surface area contributed by atoms with Crippen molar-refractivity contribution >= 4 is 5.91 Å². The minimum absolute atomic E-state index is 0.0253. The number of oxazole rings is 1. The Morgan fingerprint density at radius 3 is 2.76 bits per heavy atom. The van der Waals surface area contributed by atoms with Gasteiger partial charge in [0.2, 0.25) is 5.91 Å². The number of nitrogens with zero attached hydrogens (tertiary/aromatic N) is 1. The molecule has 2 heterocycles. The van der Waals surface area contributed by atoms with E-state index in [-0.39, 0.29) is 35.6 Å². The van der Waals surface area contributed by atoms with E-state index in [0.717, 1.165) is 31.2 Å². The zero-order chi connectivity index (χ0) is 20.3. The highest BCUT2D eigenvalue weighted by Crippen LogP contribution is 2.48. The number of rotatable bonds is 6. The zero-order valence-electron chi connectivity index (χ0n) is 16.4. The molecule has 4 rings (SSSR count). The molecular formula is C22H27FN2O4. The molecule has 1 spiro atoms. The van der Waals surface area contributed by atoms with E-state index in [2.05, 4.69) is 10.3 Å². The topological polar surface area (TPSA) is 84.6 Å². The Morgan fingerprint density at radius 2 is 2.00 bits per heavy atom. The Bertz CT molecular complexity index is 830. The van der Waals surface area contributed by atoms with Crippen molar-refractivity contribution in [1.82, 2.24) is 10.3 Å². The highest BCUT2D eigenvalue weighted by Gasteiger charge is 2.48. The van der Waals surface area contributed by atoms with E-state index in [1.54, 1.807) is 18.3 Å². The van der Waals surface area contributed by atoms with Crippen LogP contribution in [0, 0.1) is 17.2 Å². The van der Waals surface area contributed by atoms with Crippen molar-refractivity contribution in [1.29, 1.82) is 0 Å². The van der Waals surface area contributed by atoms with E-state index in [1.165, 1.54) is 12.1 Å². The van der Waals surface area contributed by atoms with Gasteiger partial charge in [-0.25, -0.2) is 9.37 Å². The summed E-state index contributed by atoms with van der Waals surface area (Å²) in [5.41, 5.74) is 0.717. The van der Waals surface area contributed by atoms with Crippen molar-refractivity contribution < 1.29 is 23.4 Å². The predicted molar refractivity (Wildman–Crippen MR) is 104 cm³/mol. The van der Waals surface area contributed by atoms with Gasteiger partial charge in [0.15, 0.2) is 11.7 Å². The molecule has 1 amide bonds. The van der Waals surface area contributed by atoms with E-state index in [0.29, 0.717) is 37.8 Å². The number of carbonyl (C=O) groups is 1. The normalized spacial score (nSPS) is 23.4. The van der Waals surface area contributed by atoms with Crippen molar-refractivity contribution in [3.8, 4) is 11.3 Å². The molecule has 6 nitrogen and oxygen atoms in total. The van der Waals surface area contributed by atoms with Crippen LogP contribution in [0.3, 0.4) is 0 Å². The number of ether oxygens (including phenoxy) is 1. The largest absolute Gasteiger partial charge is 0.441 e. The van der Waals surface area contributed by atoms with Crippen molar-refractivity contribution in [2.75, 3.05) is 19.8 Å². The zero-order valence-corrected chi connectivity index (χ0v) is 16.4. The van der Waals surface area contributed by atoms with Gasteiger partial charge in [-0.15, -0.1) is 0 Å². The number of aryl methyl sites for hydroxylation is 1. The lowest BCUT2D eigenvalue weighted by atomic mass is 9.76. The molecule has 2 N–H and O–H groups in total. The molecule has 1 aromatic carbocycles. The summed E-state index contributed by atoms with van der Waals surface area (Å²) in [6, 6.07) is 5.99. The maximum atomic E-state index is 13.0. The molecule has 1 aliphatic carbocycles. The number of nitrogens with one attached hydrogen (secondary N) is 1.